The summed E-state index contributed by atoms with van der Waals surface area (Å²) in [5.74, 6) is -0.271. The molecule has 1 N–H and O–H groups in total. The lowest BCUT2D eigenvalue weighted by molar-refractivity contribution is 0.283. The number of aliphatic hydroxyl groups is 1. The zero-order valence-corrected chi connectivity index (χ0v) is 12.1. The zero-order valence-electron chi connectivity index (χ0n) is 10.6. The molecule has 102 valence electrons. The highest BCUT2D eigenvalue weighted by molar-refractivity contribution is 9.10. The maximum absolute atomic E-state index is 13.1. The Kier molecular flexibility index (Phi) is 3.54. The molecule has 5 heteroatoms. The van der Waals surface area contributed by atoms with Gasteiger partial charge in [0, 0.05) is 27.8 Å². The van der Waals surface area contributed by atoms with Crippen molar-refractivity contribution in [1.82, 2.24) is 9.55 Å². The van der Waals surface area contributed by atoms with Gasteiger partial charge >= 0.3 is 0 Å². The number of aliphatic hydroxyl groups excluding tert-OH is 1. The minimum absolute atomic E-state index is 0.0280. The van der Waals surface area contributed by atoms with Crippen LogP contribution in [0, 0.1) is 5.82 Å². The molecule has 0 radical (unpaired) electrons. The molecule has 1 aromatic carbocycles. The lowest BCUT2D eigenvalue weighted by Crippen LogP contribution is -2.00. The summed E-state index contributed by atoms with van der Waals surface area (Å²) in [6.45, 7) is 0.536. The van der Waals surface area contributed by atoms with E-state index in [0.717, 1.165) is 26.6 Å². The van der Waals surface area contributed by atoms with Crippen LogP contribution in [-0.2, 0) is 13.2 Å². The number of benzene rings is 1. The SMILES string of the molecule is OCc1cn(Cc2ccc(F)cc2Br)c2ncccc12. The summed E-state index contributed by atoms with van der Waals surface area (Å²) in [4.78, 5) is 4.36. The van der Waals surface area contributed by atoms with Crippen LogP contribution >= 0.6 is 15.9 Å². The Balaban J connectivity index is 2.06. The van der Waals surface area contributed by atoms with E-state index < -0.39 is 0 Å². The summed E-state index contributed by atoms with van der Waals surface area (Å²) in [5, 5.41) is 10.3. The van der Waals surface area contributed by atoms with Crippen molar-refractivity contribution in [1.29, 1.82) is 0 Å². The van der Waals surface area contributed by atoms with E-state index >= 15 is 0 Å². The van der Waals surface area contributed by atoms with Gasteiger partial charge in [0.25, 0.3) is 0 Å². The maximum atomic E-state index is 13.1. The first kappa shape index (κ1) is 13.3. The molecule has 0 spiro atoms. The Bertz CT molecular complexity index is 770. The van der Waals surface area contributed by atoms with E-state index in [2.05, 4.69) is 20.9 Å². The Morgan fingerprint density at radius 1 is 1.25 bits per heavy atom. The number of aromatic nitrogens is 2. The largest absolute Gasteiger partial charge is 0.392 e. The Morgan fingerprint density at radius 2 is 2.10 bits per heavy atom. The average Bonchev–Trinajstić information content (AvgIpc) is 2.80. The first-order valence-corrected chi connectivity index (χ1v) is 6.96. The highest BCUT2D eigenvalue weighted by Gasteiger charge is 2.10. The normalized spacial score (nSPS) is 11.2. The second-order valence-electron chi connectivity index (χ2n) is 4.55. The van der Waals surface area contributed by atoms with Crippen LogP contribution in [0.3, 0.4) is 0 Å². The van der Waals surface area contributed by atoms with Crippen LogP contribution in [0.15, 0.2) is 47.2 Å². The molecule has 0 atom stereocenters. The van der Waals surface area contributed by atoms with Gasteiger partial charge in [0.05, 0.1) is 13.2 Å². The molecule has 0 aliphatic carbocycles. The molecule has 2 aromatic heterocycles. The van der Waals surface area contributed by atoms with Gasteiger partial charge in [-0.2, -0.15) is 0 Å². The number of nitrogens with zero attached hydrogens (tertiary/aromatic N) is 2. The molecule has 0 aliphatic heterocycles. The molecular formula is C15H12BrFN2O. The minimum atomic E-state index is -0.271. The lowest BCUT2D eigenvalue weighted by atomic mass is 10.2. The molecule has 0 unspecified atom stereocenters. The fraction of sp³-hybridized carbons (Fsp3) is 0.133. The van der Waals surface area contributed by atoms with E-state index in [1.54, 1.807) is 12.3 Å². The molecule has 20 heavy (non-hydrogen) atoms. The van der Waals surface area contributed by atoms with E-state index in [4.69, 9.17) is 0 Å². The highest BCUT2D eigenvalue weighted by Crippen LogP contribution is 2.24. The predicted octanol–water partition coefficient (Wildman–Crippen LogP) is 3.48. The Hall–Kier alpha value is -1.72. The monoisotopic (exact) mass is 334 g/mol. The summed E-state index contributed by atoms with van der Waals surface area (Å²) < 4.78 is 15.8. The quantitative estimate of drug-likeness (QED) is 0.796. The third kappa shape index (κ3) is 2.34. The number of hydrogen-bond donors (Lipinski definition) is 1. The summed E-state index contributed by atoms with van der Waals surface area (Å²) in [6, 6.07) is 8.41. The maximum Gasteiger partial charge on any atom is 0.140 e. The van der Waals surface area contributed by atoms with Crippen LogP contribution in [0.2, 0.25) is 0 Å². The third-order valence-electron chi connectivity index (χ3n) is 3.24. The van der Waals surface area contributed by atoms with Gasteiger partial charge in [-0.25, -0.2) is 9.37 Å². The van der Waals surface area contributed by atoms with Gasteiger partial charge in [0.15, 0.2) is 0 Å². The van der Waals surface area contributed by atoms with Crippen LogP contribution in [0.4, 0.5) is 4.39 Å². The molecule has 3 nitrogen and oxygen atoms in total. The zero-order chi connectivity index (χ0) is 14.1. The molecule has 0 bridgehead atoms. The van der Waals surface area contributed by atoms with Crippen LogP contribution < -0.4 is 0 Å². The third-order valence-corrected chi connectivity index (χ3v) is 3.98. The van der Waals surface area contributed by atoms with Crippen LogP contribution in [0.1, 0.15) is 11.1 Å². The first-order chi connectivity index (χ1) is 9.69. The summed E-state index contributed by atoms with van der Waals surface area (Å²) in [7, 11) is 0. The molecule has 0 fully saturated rings. The second-order valence-corrected chi connectivity index (χ2v) is 5.40. The van der Waals surface area contributed by atoms with Gasteiger partial charge < -0.3 is 9.67 Å². The van der Waals surface area contributed by atoms with Crippen molar-refractivity contribution in [2.75, 3.05) is 0 Å². The molecule has 0 saturated carbocycles. The Labute approximate surface area is 123 Å². The van der Waals surface area contributed by atoms with Gasteiger partial charge in [-0.3, -0.25) is 0 Å². The molecular weight excluding hydrogens is 323 g/mol. The predicted molar refractivity (Wildman–Crippen MR) is 78.9 cm³/mol. The lowest BCUT2D eigenvalue weighted by Gasteiger charge is -2.07. The minimum Gasteiger partial charge on any atom is -0.392 e. The van der Waals surface area contributed by atoms with E-state index in [1.807, 2.05) is 22.9 Å². The number of halogens is 2. The Morgan fingerprint density at radius 3 is 2.85 bits per heavy atom. The molecule has 3 rings (SSSR count). The summed E-state index contributed by atoms with van der Waals surface area (Å²) in [6.07, 6.45) is 3.60. The van der Waals surface area contributed by atoms with Crippen molar-refractivity contribution in [3.05, 3.63) is 64.1 Å². The number of hydrogen-bond acceptors (Lipinski definition) is 2. The average molecular weight is 335 g/mol. The van der Waals surface area contributed by atoms with Gasteiger partial charge in [-0.05, 0) is 29.8 Å². The van der Waals surface area contributed by atoms with Crippen LogP contribution in [0.5, 0.6) is 0 Å². The van der Waals surface area contributed by atoms with Crippen molar-refractivity contribution in [3.63, 3.8) is 0 Å². The fourth-order valence-corrected chi connectivity index (χ4v) is 2.75. The first-order valence-electron chi connectivity index (χ1n) is 6.16. The summed E-state index contributed by atoms with van der Waals surface area (Å²) in [5.41, 5.74) is 2.61. The second kappa shape index (κ2) is 5.34. The standard InChI is InChI=1S/C15H12BrFN2O/c16-14-6-12(17)4-3-10(14)7-19-8-11(9-20)13-2-1-5-18-15(13)19/h1-6,8,20H,7,9H2. The van der Waals surface area contributed by atoms with Crippen molar-refractivity contribution in [3.8, 4) is 0 Å². The topological polar surface area (TPSA) is 38.0 Å². The molecule has 2 heterocycles. The van der Waals surface area contributed by atoms with E-state index in [-0.39, 0.29) is 12.4 Å². The highest BCUT2D eigenvalue weighted by atomic mass is 79.9. The van der Waals surface area contributed by atoms with Crippen LogP contribution in [-0.4, -0.2) is 14.7 Å². The molecule has 0 saturated heterocycles. The smallest absolute Gasteiger partial charge is 0.140 e. The molecule has 0 amide bonds. The van der Waals surface area contributed by atoms with E-state index in [9.17, 15) is 9.50 Å². The van der Waals surface area contributed by atoms with Crippen molar-refractivity contribution in [2.45, 2.75) is 13.2 Å². The van der Waals surface area contributed by atoms with Gasteiger partial charge in [0.1, 0.15) is 11.5 Å². The summed E-state index contributed by atoms with van der Waals surface area (Å²) >= 11 is 3.37. The van der Waals surface area contributed by atoms with Crippen molar-refractivity contribution in [2.24, 2.45) is 0 Å². The van der Waals surface area contributed by atoms with Crippen molar-refractivity contribution < 1.29 is 9.50 Å². The van der Waals surface area contributed by atoms with Gasteiger partial charge in [-0.15, -0.1) is 0 Å². The van der Waals surface area contributed by atoms with E-state index in [0.29, 0.717) is 6.54 Å². The van der Waals surface area contributed by atoms with Crippen LogP contribution in [0.25, 0.3) is 11.0 Å². The van der Waals surface area contributed by atoms with Gasteiger partial charge in [0.2, 0.25) is 0 Å². The molecule has 0 aliphatic rings. The van der Waals surface area contributed by atoms with Crippen molar-refractivity contribution >= 4 is 27.0 Å². The molecule has 3 aromatic rings. The van der Waals surface area contributed by atoms with E-state index in [1.165, 1.54) is 12.1 Å². The number of rotatable bonds is 3. The fourth-order valence-electron chi connectivity index (χ4n) is 2.28. The number of pyridine rings is 1. The number of fused-ring (bicyclic) bond motifs is 1. The van der Waals surface area contributed by atoms with Gasteiger partial charge in [-0.1, -0.05) is 22.0 Å².